The molecule has 4 atom stereocenters. The molecule has 0 saturated heterocycles. The lowest BCUT2D eigenvalue weighted by Gasteiger charge is -2.39. The molecule has 0 bridgehead atoms. The van der Waals surface area contributed by atoms with Crippen LogP contribution in [0.3, 0.4) is 0 Å². The summed E-state index contributed by atoms with van der Waals surface area (Å²) in [5, 5.41) is 0. The molecule has 4 heteroatoms. The zero-order chi connectivity index (χ0) is 15.3. The maximum absolute atomic E-state index is 12.6. The third-order valence-corrected chi connectivity index (χ3v) is 4.66. The number of hydrogen-bond acceptors (Lipinski definition) is 3. The minimum atomic E-state index is -0.114. The Labute approximate surface area is 123 Å². The second-order valence-corrected chi connectivity index (χ2v) is 6.18. The van der Waals surface area contributed by atoms with E-state index in [4.69, 9.17) is 5.73 Å². The first-order chi connectivity index (χ1) is 9.43. The highest BCUT2D eigenvalue weighted by atomic mass is 16.2. The van der Waals surface area contributed by atoms with Crippen LogP contribution in [0.2, 0.25) is 0 Å². The van der Waals surface area contributed by atoms with Gasteiger partial charge in [0.15, 0.2) is 0 Å². The third kappa shape index (κ3) is 3.81. The highest BCUT2D eigenvalue weighted by Gasteiger charge is 2.37. The molecule has 1 aliphatic carbocycles. The molecule has 4 nitrogen and oxygen atoms in total. The van der Waals surface area contributed by atoms with Crippen molar-refractivity contribution in [1.29, 1.82) is 0 Å². The number of hydrogen-bond donors (Lipinski definition) is 1. The van der Waals surface area contributed by atoms with Crippen molar-refractivity contribution in [3.8, 4) is 0 Å². The topological polar surface area (TPSA) is 63.4 Å². The highest BCUT2D eigenvalue weighted by Crippen LogP contribution is 2.26. The Bertz CT molecular complexity index is 321. The van der Waals surface area contributed by atoms with E-state index in [2.05, 4.69) is 0 Å². The van der Waals surface area contributed by atoms with Crippen molar-refractivity contribution in [2.45, 2.75) is 78.3 Å². The molecule has 1 saturated carbocycles. The standard InChI is InChI=1S/C16H30N2O2/c1-5-11(3)15(19)18(16(20)12(4)6-2)14-10-8-7-9-13(14)17/h11-14H,5-10,17H2,1-4H3. The lowest BCUT2D eigenvalue weighted by molar-refractivity contribution is -0.153. The van der Waals surface area contributed by atoms with Crippen molar-refractivity contribution in [3.05, 3.63) is 0 Å². The Morgan fingerprint density at radius 3 is 1.90 bits per heavy atom. The monoisotopic (exact) mass is 282 g/mol. The molecule has 1 aliphatic rings. The molecule has 0 heterocycles. The van der Waals surface area contributed by atoms with Crippen LogP contribution in [0, 0.1) is 11.8 Å². The van der Waals surface area contributed by atoms with Gasteiger partial charge in [-0.3, -0.25) is 14.5 Å². The van der Waals surface area contributed by atoms with Crippen molar-refractivity contribution in [2.75, 3.05) is 0 Å². The Morgan fingerprint density at radius 1 is 1.05 bits per heavy atom. The summed E-state index contributed by atoms with van der Waals surface area (Å²) in [5.41, 5.74) is 6.19. The summed E-state index contributed by atoms with van der Waals surface area (Å²) in [4.78, 5) is 26.8. The van der Waals surface area contributed by atoms with Crippen molar-refractivity contribution >= 4 is 11.8 Å². The minimum Gasteiger partial charge on any atom is -0.326 e. The Balaban J connectivity index is 2.99. The fourth-order valence-corrected chi connectivity index (χ4v) is 2.72. The van der Waals surface area contributed by atoms with E-state index in [1.807, 2.05) is 27.7 Å². The summed E-state index contributed by atoms with van der Waals surface area (Å²) < 4.78 is 0. The van der Waals surface area contributed by atoms with Gasteiger partial charge in [0.2, 0.25) is 11.8 Å². The summed E-state index contributed by atoms with van der Waals surface area (Å²) in [6.45, 7) is 7.76. The largest absolute Gasteiger partial charge is 0.326 e. The van der Waals surface area contributed by atoms with Gasteiger partial charge in [0, 0.05) is 17.9 Å². The van der Waals surface area contributed by atoms with Gasteiger partial charge in [-0.25, -0.2) is 0 Å². The van der Waals surface area contributed by atoms with Crippen LogP contribution in [-0.2, 0) is 9.59 Å². The first-order valence-electron chi connectivity index (χ1n) is 8.06. The van der Waals surface area contributed by atoms with Gasteiger partial charge < -0.3 is 5.73 Å². The number of imide groups is 1. The van der Waals surface area contributed by atoms with E-state index < -0.39 is 0 Å². The zero-order valence-electron chi connectivity index (χ0n) is 13.4. The van der Waals surface area contributed by atoms with Crippen LogP contribution in [0.5, 0.6) is 0 Å². The van der Waals surface area contributed by atoms with Gasteiger partial charge in [0.05, 0.1) is 6.04 Å². The van der Waals surface area contributed by atoms with Gasteiger partial charge in [0.1, 0.15) is 0 Å². The number of nitrogens with zero attached hydrogens (tertiary/aromatic N) is 1. The van der Waals surface area contributed by atoms with Gasteiger partial charge in [-0.15, -0.1) is 0 Å². The zero-order valence-corrected chi connectivity index (χ0v) is 13.4. The van der Waals surface area contributed by atoms with Crippen LogP contribution in [0.1, 0.15) is 66.2 Å². The molecule has 2 amide bonds. The van der Waals surface area contributed by atoms with Gasteiger partial charge in [-0.1, -0.05) is 40.5 Å². The summed E-state index contributed by atoms with van der Waals surface area (Å²) in [6, 6.07) is -0.170. The number of carbonyl (C=O) groups excluding carboxylic acids is 2. The average molecular weight is 282 g/mol. The van der Waals surface area contributed by atoms with Crippen LogP contribution in [0.25, 0.3) is 0 Å². The fourth-order valence-electron chi connectivity index (χ4n) is 2.72. The lowest BCUT2D eigenvalue weighted by Crippen LogP contribution is -2.56. The SMILES string of the molecule is CCC(C)C(=O)N(C(=O)C(C)CC)C1CCCCC1N. The molecule has 1 fully saturated rings. The lowest BCUT2D eigenvalue weighted by atomic mass is 9.88. The molecule has 2 N–H and O–H groups in total. The predicted molar refractivity (Wildman–Crippen MR) is 81.0 cm³/mol. The van der Waals surface area contributed by atoms with Crippen molar-refractivity contribution in [2.24, 2.45) is 17.6 Å². The quantitative estimate of drug-likeness (QED) is 0.843. The number of rotatable bonds is 5. The number of nitrogens with two attached hydrogens (primary N) is 1. The molecular formula is C16H30N2O2. The summed E-state index contributed by atoms with van der Waals surface area (Å²) >= 11 is 0. The fraction of sp³-hybridized carbons (Fsp3) is 0.875. The Kier molecular flexibility index (Phi) is 6.66. The van der Waals surface area contributed by atoms with E-state index in [1.165, 1.54) is 4.90 Å². The Morgan fingerprint density at radius 2 is 1.50 bits per heavy atom. The molecule has 1 rings (SSSR count). The van der Waals surface area contributed by atoms with Crippen molar-refractivity contribution in [3.63, 3.8) is 0 Å². The highest BCUT2D eigenvalue weighted by molar-refractivity contribution is 5.97. The maximum atomic E-state index is 12.6. The van der Waals surface area contributed by atoms with E-state index in [0.717, 1.165) is 38.5 Å². The molecule has 0 radical (unpaired) electrons. The van der Waals surface area contributed by atoms with E-state index in [1.54, 1.807) is 0 Å². The molecular weight excluding hydrogens is 252 g/mol. The van der Waals surface area contributed by atoms with Crippen LogP contribution < -0.4 is 5.73 Å². The van der Waals surface area contributed by atoms with Gasteiger partial charge in [0.25, 0.3) is 0 Å². The average Bonchev–Trinajstić information content (AvgIpc) is 2.47. The smallest absolute Gasteiger partial charge is 0.232 e. The molecule has 0 aromatic carbocycles. The van der Waals surface area contributed by atoms with Crippen LogP contribution in [-0.4, -0.2) is 28.8 Å². The summed E-state index contributed by atoms with van der Waals surface area (Å²) in [6.07, 6.45) is 5.42. The van der Waals surface area contributed by atoms with E-state index in [9.17, 15) is 9.59 Å². The van der Waals surface area contributed by atoms with Gasteiger partial charge >= 0.3 is 0 Å². The molecule has 0 aliphatic heterocycles. The molecule has 20 heavy (non-hydrogen) atoms. The minimum absolute atomic E-state index is 0.0415. The second kappa shape index (κ2) is 7.77. The molecule has 4 unspecified atom stereocenters. The summed E-state index contributed by atoms with van der Waals surface area (Å²) in [7, 11) is 0. The van der Waals surface area contributed by atoms with E-state index in [0.29, 0.717) is 0 Å². The van der Waals surface area contributed by atoms with Gasteiger partial charge in [-0.05, 0) is 25.7 Å². The van der Waals surface area contributed by atoms with Crippen LogP contribution in [0.15, 0.2) is 0 Å². The third-order valence-electron chi connectivity index (χ3n) is 4.66. The molecule has 0 aromatic heterocycles. The molecule has 0 spiro atoms. The normalized spacial score (nSPS) is 25.9. The van der Waals surface area contributed by atoms with Crippen LogP contribution in [0.4, 0.5) is 0 Å². The Hall–Kier alpha value is -0.900. The van der Waals surface area contributed by atoms with Crippen molar-refractivity contribution in [1.82, 2.24) is 4.90 Å². The van der Waals surface area contributed by atoms with Crippen molar-refractivity contribution < 1.29 is 9.59 Å². The molecule has 0 aromatic rings. The second-order valence-electron chi connectivity index (χ2n) is 6.18. The van der Waals surface area contributed by atoms with Gasteiger partial charge in [-0.2, -0.15) is 0 Å². The van der Waals surface area contributed by atoms with E-state index >= 15 is 0 Å². The summed E-state index contributed by atoms with van der Waals surface area (Å²) in [5.74, 6) is -0.311. The number of carbonyl (C=O) groups is 2. The van der Waals surface area contributed by atoms with Crippen LogP contribution >= 0.6 is 0 Å². The van der Waals surface area contributed by atoms with E-state index in [-0.39, 0.29) is 35.7 Å². The first-order valence-corrected chi connectivity index (χ1v) is 8.06. The predicted octanol–water partition coefficient (Wildman–Crippen LogP) is 2.70. The molecule has 116 valence electrons. The maximum Gasteiger partial charge on any atom is 0.232 e. The number of amides is 2. The first kappa shape index (κ1) is 17.2.